The van der Waals surface area contributed by atoms with Crippen molar-refractivity contribution in [2.24, 2.45) is 0 Å². The van der Waals surface area contributed by atoms with Crippen LogP contribution in [0.4, 0.5) is 17.3 Å². The Morgan fingerprint density at radius 1 is 0.579 bits per heavy atom. The molecule has 6 unspecified atom stereocenters. The lowest BCUT2D eigenvalue weighted by Crippen LogP contribution is -2.38. The maximum Gasteiger partial charge on any atom is 0.472 e. The predicted molar refractivity (Wildman–Crippen MR) is 254 cm³/mol. The molecule has 0 aromatic carbocycles. The molecule has 3 aliphatic heterocycles. The van der Waals surface area contributed by atoms with Gasteiger partial charge in [-0.25, -0.2) is 53.6 Å². The number of anilines is 3. The lowest BCUT2D eigenvalue weighted by molar-refractivity contribution is -0.0657. The molecule has 0 bridgehead atoms. The molecule has 3 aliphatic rings. The smallest absolute Gasteiger partial charge is 0.397 e. The van der Waals surface area contributed by atoms with Gasteiger partial charge in [-0.1, -0.05) is 0 Å². The summed E-state index contributed by atoms with van der Waals surface area (Å²) in [6.07, 6.45) is -11.4. The third-order valence-electron chi connectivity index (χ3n) is 11.8. The first-order chi connectivity index (χ1) is 36.0. The maximum atomic E-state index is 14.0. The van der Waals surface area contributed by atoms with Crippen molar-refractivity contribution in [1.82, 2.24) is 53.6 Å². The summed E-state index contributed by atoms with van der Waals surface area (Å²) in [5.41, 5.74) is 18.9. The molecule has 3 fully saturated rings. The predicted octanol–water partition coefficient (Wildman–Crippen LogP) is -1.33. The van der Waals surface area contributed by atoms with Gasteiger partial charge in [0.25, 0.3) is 0 Å². The van der Waals surface area contributed by atoms with Gasteiger partial charge in [-0.05, 0) is 17.9 Å². The zero-order valence-corrected chi connectivity index (χ0v) is 43.5. The second-order valence-electron chi connectivity index (χ2n) is 16.5. The molecule has 0 spiro atoms. The molecular formula is C35H48N14O22P4S. The molecule has 41 heteroatoms. The van der Waals surface area contributed by atoms with E-state index in [0.717, 1.165) is 30.7 Å². The van der Waals surface area contributed by atoms with Gasteiger partial charge in [0.2, 0.25) is 0 Å². The first-order valence-electron chi connectivity index (χ1n) is 21.9. The van der Waals surface area contributed by atoms with Gasteiger partial charge in [-0.2, -0.15) is 0 Å². The summed E-state index contributed by atoms with van der Waals surface area (Å²) in [5, 5.41) is 20.9. The molecule has 0 amide bonds. The molecule has 13 N–H and O–H groups in total. The number of hydrogen-bond donors (Lipinski definition) is 10. The Hall–Kier alpha value is -4.30. The Bertz CT molecular complexity index is 3250. The average molecular weight is 1170 g/mol. The van der Waals surface area contributed by atoms with Gasteiger partial charge >= 0.3 is 30.2 Å². The lowest BCUT2D eigenvalue weighted by atomic mass is 10.1. The number of ether oxygens (including phenoxy) is 5. The number of hydrogen-bond acceptors (Lipinski definition) is 29. The van der Waals surface area contributed by atoms with Crippen molar-refractivity contribution in [3.63, 3.8) is 0 Å². The van der Waals surface area contributed by atoms with Gasteiger partial charge in [0.15, 0.2) is 47.3 Å². The first-order valence-corrected chi connectivity index (χ1v) is 29.0. The fraction of sp³-hybridized carbons (Fsp3) is 0.543. The number of rotatable bonds is 23. The molecule has 76 heavy (non-hydrogen) atoms. The summed E-state index contributed by atoms with van der Waals surface area (Å²) in [4.78, 5) is 86.3. The summed E-state index contributed by atoms with van der Waals surface area (Å²) in [6, 6.07) is 1.50. The van der Waals surface area contributed by atoms with Crippen LogP contribution < -0.4 is 17.2 Å². The number of fused-ring (bicyclic) bond motifs is 3. The molecule has 15 atom stereocenters. The van der Waals surface area contributed by atoms with Crippen LogP contribution in [-0.2, 0) is 80.9 Å². The minimum Gasteiger partial charge on any atom is -0.397 e. The average Bonchev–Trinajstić information content (AvgIpc) is 4.25. The summed E-state index contributed by atoms with van der Waals surface area (Å²) >= 11 is 4.76. The summed E-state index contributed by atoms with van der Waals surface area (Å²) in [6.45, 7) is -8.20. The molecular weight excluding hydrogens is 1120 g/mol. The fourth-order valence-electron chi connectivity index (χ4n) is 8.60. The van der Waals surface area contributed by atoms with Gasteiger partial charge < -0.3 is 75.6 Å². The Labute approximate surface area is 430 Å². The first kappa shape index (κ1) is 56.4. The maximum absolute atomic E-state index is 14.0. The number of aliphatic hydroxyl groups excluding tert-OH is 2. The Kier molecular flexibility index (Phi) is 16.7. The molecule has 9 heterocycles. The second-order valence-corrected chi connectivity index (χ2v) is 23.4. The van der Waals surface area contributed by atoms with Crippen molar-refractivity contribution in [2.75, 3.05) is 64.5 Å². The summed E-state index contributed by atoms with van der Waals surface area (Å²) in [5.74, 6) is -0.130. The Balaban J connectivity index is 0.943. The van der Waals surface area contributed by atoms with Crippen molar-refractivity contribution < 1.29 is 104 Å². The van der Waals surface area contributed by atoms with Crippen LogP contribution in [0.15, 0.2) is 43.9 Å². The Morgan fingerprint density at radius 3 is 1.51 bits per heavy atom. The van der Waals surface area contributed by atoms with E-state index >= 15 is 0 Å². The van der Waals surface area contributed by atoms with Crippen LogP contribution in [0, 0.1) is 0 Å². The standard InChI is InChI=1S/C35H48N14O22P4S/c1-60-23-17(8-63-72(52,53)62-6-5-50)67-34(49-14-46-21-29(38)41-11-43-32(21)49)26(23)70-74(56,57)64-7-16-22(51)25(33(66-16)48-13-45-20-28(37)40-10-42-31(20)48)69-73(54,55)65-9-18-24(61-2)27(71-75(58,59)76)35(68-18)47-12-44-19-15(36)3-4-39-30(19)47/h3-4,10-14,16-18,22-27,33-35,50-51H,5-9H2,1-2H3,(H2,36,39)(H,52,53)(H,54,55)(H,56,57)(H2,37,40,42)(H2,38,41,43)(H2,58,59,76)/t16-,17-,18-,22+,23+,24+,25?,26?,27?,33-,34-,35-/m1/s1. The number of pyridine rings is 1. The number of methoxy groups -OCH3 is 2. The van der Waals surface area contributed by atoms with Crippen molar-refractivity contribution in [3.8, 4) is 0 Å². The van der Waals surface area contributed by atoms with E-state index < -0.39 is 137 Å². The quantitative estimate of drug-likeness (QED) is 0.0332. The number of phosphoric ester groups is 3. The molecule has 6 aromatic heterocycles. The molecule has 0 aliphatic carbocycles. The summed E-state index contributed by atoms with van der Waals surface area (Å²) in [7, 11) is -13.2. The normalized spacial score (nSPS) is 29.6. The topological polar surface area (TPSA) is 500 Å². The van der Waals surface area contributed by atoms with Gasteiger partial charge in [0, 0.05) is 20.4 Å². The van der Waals surface area contributed by atoms with Crippen molar-refractivity contribution in [2.45, 2.75) is 73.6 Å². The van der Waals surface area contributed by atoms with Crippen LogP contribution >= 0.6 is 30.2 Å². The molecule has 0 saturated carbocycles. The largest absolute Gasteiger partial charge is 0.472 e. The number of phosphoric acid groups is 3. The van der Waals surface area contributed by atoms with E-state index in [9.17, 15) is 43.3 Å². The minimum atomic E-state index is -5.40. The van der Waals surface area contributed by atoms with E-state index in [0.29, 0.717) is 0 Å². The SMILES string of the molecule is CO[C@@H]1C(OP(O)(O)=S)[C@H](n2cnc3c(N)ccnc32)O[C@@H]1COP(=O)(O)OC1[C@@H](O)[C@@H](COP(=O)(O)OC2[C@@H](OC)[C@@H](COP(=O)(O)OCCO)O[C@H]2n2cnc3c(N)ncnc32)O[C@H]1n1cnc2c(N)ncnc21. The monoisotopic (exact) mass is 1170 g/mol. The second kappa shape index (κ2) is 22.4. The number of aliphatic hydroxyl groups is 2. The van der Waals surface area contributed by atoms with Crippen molar-refractivity contribution >= 4 is 92.8 Å². The van der Waals surface area contributed by atoms with Crippen LogP contribution in [-0.4, -0.2) is 190 Å². The lowest BCUT2D eigenvalue weighted by Gasteiger charge is -2.26. The molecule has 36 nitrogen and oxygen atoms in total. The Morgan fingerprint density at radius 2 is 1.01 bits per heavy atom. The van der Waals surface area contributed by atoms with Crippen LogP contribution in [0.25, 0.3) is 33.5 Å². The van der Waals surface area contributed by atoms with E-state index in [1.54, 1.807) is 0 Å². The van der Waals surface area contributed by atoms with Crippen molar-refractivity contribution in [3.05, 3.63) is 43.9 Å². The number of nitrogen functional groups attached to an aromatic ring is 3. The molecule has 0 radical (unpaired) electrons. The van der Waals surface area contributed by atoms with Crippen LogP contribution in [0.3, 0.4) is 0 Å². The van der Waals surface area contributed by atoms with Crippen LogP contribution in [0.2, 0.25) is 0 Å². The third-order valence-corrected chi connectivity index (χ3v) is 15.6. The number of imidazole rings is 3. The highest BCUT2D eigenvalue weighted by Gasteiger charge is 2.55. The zero-order chi connectivity index (χ0) is 54.5. The molecule has 6 aromatic rings. The van der Waals surface area contributed by atoms with Gasteiger partial charge in [0.05, 0.1) is 57.7 Å². The number of nitrogens with two attached hydrogens (primary N) is 3. The van der Waals surface area contributed by atoms with Crippen molar-refractivity contribution in [1.29, 1.82) is 0 Å². The van der Waals surface area contributed by atoms with E-state index in [1.807, 2.05) is 0 Å². The number of nitrogens with zero attached hydrogens (tertiary/aromatic N) is 11. The highest BCUT2D eigenvalue weighted by molar-refractivity contribution is 8.06. The molecule has 416 valence electrons. The van der Waals surface area contributed by atoms with Gasteiger partial charge in [0.1, 0.15) is 84.1 Å². The summed E-state index contributed by atoms with van der Waals surface area (Å²) < 4.78 is 111. The van der Waals surface area contributed by atoms with Crippen LogP contribution in [0.5, 0.6) is 0 Å². The van der Waals surface area contributed by atoms with Gasteiger partial charge in [-0.15, -0.1) is 0 Å². The molecule has 3 saturated heterocycles. The van der Waals surface area contributed by atoms with Crippen LogP contribution in [0.1, 0.15) is 18.7 Å². The highest BCUT2D eigenvalue weighted by atomic mass is 32.5. The fourth-order valence-corrected chi connectivity index (χ4v) is 12.0. The number of aromatic nitrogens is 11. The molecule has 9 rings (SSSR count). The van der Waals surface area contributed by atoms with E-state index in [-0.39, 0.29) is 50.8 Å². The zero-order valence-electron chi connectivity index (χ0n) is 39.1. The minimum absolute atomic E-state index is 0.0197. The van der Waals surface area contributed by atoms with Gasteiger partial charge in [-0.3, -0.25) is 45.4 Å². The van der Waals surface area contributed by atoms with E-state index in [1.165, 1.54) is 41.2 Å². The third kappa shape index (κ3) is 11.8. The highest BCUT2D eigenvalue weighted by Crippen LogP contribution is 2.54. The van der Waals surface area contributed by atoms with E-state index in [4.69, 9.17) is 84.9 Å². The van der Waals surface area contributed by atoms with E-state index in [2.05, 4.69) is 44.4 Å².